The lowest BCUT2D eigenvalue weighted by Gasteiger charge is -2.07. The highest BCUT2D eigenvalue weighted by Gasteiger charge is 2.07. The van der Waals surface area contributed by atoms with Gasteiger partial charge in [-0.05, 0) is 46.6 Å². The van der Waals surface area contributed by atoms with Crippen LogP contribution in [0.3, 0.4) is 0 Å². The normalized spacial score (nSPS) is 10.6. The van der Waals surface area contributed by atoms with Crippen LogP contribution >= 0.6 is 28.1 Å². The summed E-state index contributed by atoms with van der Waals surface area (Å²) in [5.41, 5.74) is 1.85. The van der Waals surface area contributed by atoms with E-state index in [1.165, 1.54) is 12.1 Å². The molecule has 0 aliphatic carbocycles. The number of hydrogen-bond acceptors (Lipinski definition) is 2. The minimum Gasteiger partial charge on any atom is -0.343 e. The number of nitrogens with one attached hydrogen (secondary N) is 1. The van der Waals surface area contributed by atoms with Crippen LogP contribution in [-0.2, 0) is 6.42 Å². The van der Waals surface area contributed by atoms with Crippen LogP contribution in [-0.4, -0.2) is 9.97 Å². The topological polar surface area (TPSA) is 28.7 Å². The zero-order valence-electron chi connectivity index (χ0n) is 9.84. The smallest absolute Gasteiger partial charge is 0.140 e. The van der Waals surface area contributed by atoms with Gasteiger partial charge in [0.25, 0.3) is 0 Å². The first kappa shape index (κ1) is 13.4. The molecule has 5 heteroatoms. The van der Waals surface area contributed by atoms with Crippen LogP contribution in [0, 0.1) is 10.5 Å². The monoisotopic (exact) mass is 326 g/mol. The van der Waals surface area contributed by atoms with E-state index in [4.69, 9.17) is 12.2 Å². The third kappa shape index (κ3) is 3.03. The first-order chi connectivity index (χ1) is 8.60. The summed E-state index contributed by atoms with van der Waals surface area (Å²) in [5.74, 6) is 0.381. The molecule has 0 saturated carbocycles. The van der Waals surface area contributed by atoms with E-state index >= 15 is 0 Å². The van der Waals surface area contributed by atoms with E-state index < -0.39 is 0 Å². The van der Waals surface area contributed by atoms with Crippen molar-refractivity contribution < 1.29 is 4.39 Å². The summed E-state index contributed by atoms with van der Waals surface area (Å²) in [5, 5.41) is 0. The highest BCUT2D eigenvalue weighted by molar-refractivity contribution is 9.10. The van der Waals surface area contributed by atoms with Crippen molar-refractivity contribution in [1.29, 1.82) is 0 Å². The quantitative estimate of drug-likeness (QED) is 0.831. The number of aryl methyl sites for hydroxylation is 1. The number of nitrogens with zero attached hydrogens (tertiary/aromatic N) is 1. The third-order valence-corrected chi connectivity index (χ3v) is 3.37. The lowest BCUT2D eigenvalue weighted by Crippen LogP contribution is -1.96. The summed E-state index contributed by atoms with van der Waals surface area (Å²) in [4.78, 5) is 7.52. The summed E-state index contributed by atoms with van der Waals surface area (Å²) in [6.07, 6.45) is 1.94. The van der Waals surface area contributed by atoms with Crippen molar-refractivity contribution in [2.24, 2.45) is 0 Å². The molecular formula is C13H12BrFN2S. The minimum absolute atomic E-state index is 0.283. The molecule has 18 heavy (non-hydrogen) atoms. The van der Waals surface area contributed by atoms with Gasteiger partial charge in [-0.1, -0.05) is 25.6 Å². The van der Waals surface area contributed by atoms with E-state index in [0.29, 0.717) is 14.9 Å². The van der Waals surface area contributed by atoms with Crippen LogP contribution in [0.25, 0.3) is 11.4 Å². The predicted molar refractivity (Wildman–Crippen MR) is 76.5 cm³/mol. The zero-order chi connectivity index (χ0) is 13.1. The molecule has 0 saturated heterocycles. The van der Waals surface area contributed by atoms with E-state index in [2.05, 4.69) is 32.8 Å². The average molecular weight is 327 g/mol. The molecule has 0 unspecified atom stereocenters. The molecule has 0 spiro atoms. The molecule has 0 bridgehead atoms. The average Bonchev–Trinajstić information content (AvgIpc) is 2.28. The number of rotatable bonds is 3. The van der Waals surface area contributed by atoms with E-state index in [1.807, 2.05) is 6.07 Å². The van der Waals surface area contributed by atoms with Crippen molar-refractivity contribution in [2.75, 3.05) is 0 Å². The van der Waals surface area contributed by atoms with Gasteiger partial charge >= 0.3 is 0 Å². The van der Waals surface area contributed by atoms with Gasteiger partial charge < -0.3 is 4.98 Å². The summed E-state index contributed by atoms with van der Waals surface area (Å²) >= 11 is 8.49. The summed E-state index contributed by atoms with van der Waals surface area (Å²) in [7, 11) is 0. The van der Waals surface area contributed by atoms with Crippen molar-refractivity contribution in [3.8, 4) is 11.4 Å². The molecule has 0 fully saturated rings. The molecule has 1 N–H and O–H groups in total. The number of aromatic nitrogens is 2. The molecule has 0 amide bonds. The van der Waals surface area contributed by atoms with Crippen LogP contribution in [0.5, 0.6) is 0 Å². The van der Waals surface area contributed by atoms with Gasteiger partial charge in [0.05, 0.1) is 0 Å². The van der Waals surface area contributed by atoms with Crippen LogP contribution in [0.4, 0.5) is 4.39 Å². The second-order valence-corrected chi connectivity index (χ2v) is 5.24. The Morgan fingerprint density at radius 3 is 2.83 bits per heavy atom. The lowest BCUT2D eigenvalue weighted by molar-refractivity contribution is 0.627. The third-order valence-electron chi connectivity index (χ3n) is 2.50. The fraction of sp³-hybridized carbons (Fsp3) is 0.231. The summed E-state index contributed by atoms with van der Waals surface area (Å²) in [6, 6.07) is 6.37. The first-order valence-electron chi connectivity index (χ1n) is 5.66. The van der Waals surface area contributed by atoms with E-state index in [0.717, 1.165) is 24.1 Å². The predicted octanol–water partition coefficient (Wildman–Crippen LogP) is 4.66. The van der Waals surface area contributed by atoms with Gasteiger partial charge in [0.15, 0.2) is 0 Å². The molecule has 0 radical (unpaired) electrons. The lowest BCUT2D eigenvalue weighted by atomic mass is 10.2. The van der Waals surface area contributed by atoms with Gasteiger partial charge in [0.2, 0.25) is 0 Å². The minimum atomic E-state index is -0.283. The number of hydrogen-bond donors (Lipinski definition) is 1. The van der Waals surface area contributed by atoms with Crippen LogP contribution in [0.15, 0.2) is 28.7 Å². The van der Waals surface area contributed by atoms with Crippen LogP contribution in [0.1, 0.15) is 19.0 Å². The Labute approximate surface area is 118 Å². The summed E-state index contributed by atoms with van der Waals surface area (Å²) < 4.78 is 14.3. The number of H-pyrrole nitrogens is 1. The van der Waals surface area contributed by atoms with Crippen LogP contribution < -0.4 is 0 Å². The maximum absolute atomic E-state index is 13.1. The van der Waals surface area contributed by atoms with E-state index in [-0.39, 0.29) is 5.82 Å². The number of halogens is 2. The molecule has 0 atom stereocenters. The second-order valence-electron chi connectivity index (χ2n) is 3.97. The Kier molecular flexibility index (Phi) is 4.24. The van der Waals surface area contributed by atoms with Crippen molar-refractivity contribution >= 4 is 28.1 Å². The van der Waals surface area contributed by atoms with Crippen molar-refractivity contribution in [3.05, 3.63) is 44.9 Å². The number of benzene rings is 1. The Morgan fingerprint density at radius 1 is 1.39 bits per heavy atom. The maximum Gasteiger partial charge on any atom is 0.140 e. The molecule has 2 rings (SSSR count). The molecule has 2 aromatic rings. The Hall–Kier alpha value is -1.07. The Bertz CT molecular complexity index is 625. The number of aromatic amines is 1. The van der Waals surface area contributed by atoms with E-state index in [1.54, 1.807) is 6.07 Å². The van der Waals surface area contributed by atoms with Gasteiger partial charge in [0, 0.05) is 15.7 Å². The van der Waals surface area contributed by atoms with Gasteiger partial charge in [-0.2, -0.15) is 0 Å². The molecule has 1 heterocycles. The highest BCUT2D eigenvalue weighted by atomic mass is 79.9. The van der Waals surface area contributed by atoms with Gasteiger partial charge in [0.1, 0.15) is 16.3 Å². The SMILES string of the molecule is CCCc1cc(=S)nc(-c2ccc(F)cc2Br)[nH]1. The fourth-order valence-corrected chi connectivity index (χ4v) is 2.49. The van der Waals surface area contributed by atoms with Gasteiger partial charge in [-0.25, -0.2) is 9.37 Å². The molecule has 94 valence electrons. The Morgan fingerprint density at radius 2 is 2.17 bits per heavy atom. The second kappa shape index (κ2) is 5.71. The molecule has 1 aromatic heterocycles. The van der Waals surface area contributed by atoms with Crippen molar-refractivity contribution in [2.45, 2.75) is 19.8 Å². The van der Waals surface area contributed by atoms with Gasteiger partial charge in [-0.3, -0.25) is 0 Å². The molecule has 2 nitrogen and oxygen atoms in total. The molecule has 0 aliphatic heterocycles. The molecular weight excluding hydrogens is 315 g/mol. The van der Waals surface area contributed by atoms with Crippen molar-refractivity contribution in [3.63, 3.8) is 0 Å². The maximum atomic E-state index is 13.1. The van der Waals surface area contributed by atoms with Crippen molar-refractivity contribution in [1.82, 2.24) is 9.97 Å². The highest BCUT2D eigenvalue weighted by Crippen LogP contribution is 2.26. The fourth-order valence-electron chi connectivity index (χ4n) is 1.72. The largest absolute Gasteiger partial charge is 0.343 e. The standard InChI is InChI=1S/C13H12BrFN2S/c1-2-3-9-7-12(18)17-13(16-9)10-5-4-8(15)6-11(10)14/h4-7H,2-3H2,1H3,(H,16,17,18). The van der Waals surface area contributed by atoms with E-state index in [9.17, 15) is 4.39 Å². The first-order valence-corrected chi connectivity index (χ1v) is 6.86. The Balaban J connectivity index is 2.53. The summed E-state index contributed by atoms with van der Waals surface area (Å²) in [6.45, 7) is 2.10. The van der Waals surface area contributed by atoms with Gasteiger partial charge in [-0.15, -0.1) is 0 Å². The molecule has 0 aliphatic rings. The van der Waals surface area contributed by atoms with Crippen LogP contribution in [0.2, 0.25) is 0 Å². The molecule has 1 aromatic carbocycles. The zero-order valence-corrected chi connectivity index (χ0v) is 12.2.